The molecule has 0 aliphatic rings. The zero-order valence-corrected chi connectivity index (χ0v) is 6.09. The monoisotopic (exact) mass is 169 g/mol. The Hall–Kier alpha value is -1.85. The van der Waals surface area contributed by atoms with Crippen LogP contribution in [0.4, 0.5) is 0 Å². The predicted molar refractivity (Wildman–Crippen MR) is 40.6 cm³/mol. The fourth-order valence-electron chi connectivity index (χ4n) is 0.766. The number of hydrogen-bond donors (Lipinski definition) is 3. The average Bonchev–Trinajstić information content (AvgIpc) is 1.99. The highest BCUT2D eigenvalue weighted by Gasteiger charge is 1.94. The maximum atomic E-state index is 10.7. The summed E-state index contributed by atoms with van der Waals surface area (Å²) >= 11 is 0. The van der Waals surface area contributed by atoms with Gasteiger partial charge in [-0.3, -0.25) is 14.6 Å². The van der Waals surface area contributed by atoms with E-state index >= 15 is 0 Å². The second-order valence-electron chi connectivity index (χ2n) is 2.11. The lowest BCUT2D eigenvalue weighted by molar-refractivity contribution is -0.109. The third-order valence-corrected chi connectivity index (χ3v) is 1.19. The molecule has 6 nitrogen and oxygen atoms in total. The maximum Gasteiger partial charge on any atom is 0.325 e. The van der Waals surface area contributed by atoms with E-state index in [4.69, 9.17) is 0 Å². The van der Waals surface area contributed by atoms with E-state index in [0.717, 1.165) is 0 Å². The molecule has 6 heteroatoms. The summed E-state index contributed by atoms with van der Waals surface area (Å²) in [5.74, 6) is 0. The van der Waals surface area contributed by atoms with Crippen LogP contribution in [0.2, 0.25) is 0 Å². The molecule has 3 N–H and O–H groups in total. The van der Waals surface area contributed by atoms with E-state index < -0.39 is 11.2 Å². The highest BCUT2D eigenvalue weighted by Crippen LogP contribution is 1.81. The van der Waals surface area contributed by atoms with E-state index in [1.165, 1.54) is 6.07 Å². The molecule has 0 radical (unpaired) electrons. The standard InChI is InChI=1S/C6H7N3O3/c10-3-7-2-4-1-5(11)9-6(12)8-4/h1,3H,2H2,(H,7,10)(H2,8,9,11,12). The quantitative estimate of drug-likeness (QED) is 0.471. The predicted octanol–water partition coefficient (Wildman–Crippen LogP) is -1.69. The van der Waals surface area contributed by atoms with Gasteiger partial charge in [0.05, 0.1) is 6.54 Å². The fraction of sp³-hybridized carbons (Fsp3) is 0.167. The second-order valence-corrected chi connectivity index (χ2v) is 2.11. The molecule has 0 spiro atoms. The highest BCUT2D eigenvalue weighted by molar-refractivity contribution is 5.45. The van der Waals surface area contributed by atoms with Gasteiger partial charge in [-0.15, -0.1) is 0 Å². The SMILES string of the molecule is O=CNCc1cc(=O)[nH]c(=O)[nH]1. The lowest BCUT2D eigenvalue weighted by Crippen LogP contribution is -2.25. The largest absolute Gasteiger partial charge is 0.353 e. The van der Waals surface area contributed by atoms with Gasteiger partial charge in [0.25, 0.3) is 5.56 Å². The number of aromatic nitrogens is 2. The topological polar surface area (TPSA) is 94.8 Å². The van der Waals surface area contributed by atoms with Crippen LogP contribution in [0.25, 0.3) is 0 Å². The van der Waals surface area contributed by atoms with Crippen molar-refractivity contribution in [1.82, 2.24) is 15.3 Å². The van der Waals surface area contributed by atoms with Gasteiger partial charge in [0, 0.05) is 11.8 Å². The first kappa shape index (κ1) is 8.25. The van der Waals surface area contributed by atoms with Crippen molar-refractivity contribution in [3.8, 4) is 0 Å². The van der Waals surface area contributed by atoms with E-state index in [2.05, 4.69) is 10.3 Å². The summed E-state index contributed by atoms with van der Waals surface area (Å²) in [6.45, 7) is 0.142. The molecule has 1 aromatic heterocycles. The van der Waals surface area contributed by atoms with E-state index in [1.54, 1.807) is 0 Å². The van der Waals surface area contributed by atoms with Crippen LogP contribution in [-0.4, -0.2) is 16.4 Å². The number of carbonyl (C=O) groups excluding carboxylic acids is 1. The van der Waals surface area contributed by atoms with Gasteiger partial charge in [-0.2, -0.15) is 0 Å². The summed E-state index contributed by atoms with van der Waals surface area (Å²) in [5, 5.41) is 2.32. The third kappa shape index (κ3) is 2.08. The summed E-state index contributed by atoms with van der Waals surface area (Å²) in [4.78, 5) is 35.5. The molecule has 0 saturated carbocycles. The minimum atomic E-state index is -0.579. The first-order valence-corrected chi connectivity index (χ1v) is 3.22. The van der Waals surface area contributed by atoms with Crippen molar-refractivity contribution in [2.24, 2.45) is 0 Å². The van der Waals surface area contributed by atoms with Crippen LogP contribution in [0.1, 0.15) is 5.69 Å². The zero-order valence-electron chi connectivity index (χ0n) is 6.09. The summed E-state index contributed by atoms with van der Waals surface area (Å²) in [6, 6.07) is 1.21. The Labute approximate surface area is 66.6 Å². The molecule has 0 saturated heterocycles. The summed E-state index contributed by atoms with van der Waals surface area (Å²) in [7, 11) is 0. The van der Waals surface area contributed by atoms with Crippen LogP contribution in [-0.2, 0) is 11.3 Å². The van der Waals surface area contributed by atoms with Crippen LogP contribution in [0.15, 0.2) is 15.7 Å². The smallest absolute Gasteiger partial charge is 0.325 e. The van der Waals surface area contributed by atoms with Crippen LogP contribution < -0.4 is 16.6 Å². The molecule has 1 rings (SSSR count). The number of aromatic amines is 2. The van der Waals surface area contributed by atoms with Crippen molar-refractivity contribution in [3.05, 3.63) is 32.6 Å². The molecule has 64 valence electrons. The molecule has 1 heterocycles. The molecule has 0 aromatic carbocycles. The van der Waals surface area contributed by atoms with Crippen LogP contribution >= 0.6 is 0 Å². The average molecular weight is 169 g/mol. The van der Waals surface area contributed by atoms with Crippen molar-refractivity contribution < 1.29 is 4.79 Å². The lowest BCUT2D eigenvalue weighted by atomic mass is 10.4. The number of hydrogen-bond acceptors (Lipinski definition) is 3. The minimum absolute atomic E-state index is 0.142. The van der Waals surface area contributed by atoms with Gasteiger partial charge >= 0.3 is 5.69 Å². The minimum Gasteiger partial charge on any atom is -0.353 e. The molecule has 0 unspecified atom stereocenters. The molecule has 1 amide bonds. The summed E-state index contributed by atoms with van der Waals surface area (Å²) in [6.07, 6.45) is 0.486. The Balaban J connectivity index is 2.93. The Morgan fingerprint density at radius 3 is 2.75 bits per heavy atom. The number of carbonyl (C=O) groups is 1. The summed E-state index contributed by atoms with van der Waals surface area (Å²) in [5.41, 5.74) is -0.692. The molecule has 0 bridgehead atoms. The third-order valence-electron chi connectivity index (χ3n) is 1.19. The van der Waals surface area contributed by atoms with Crippen molar-refractivity contribution in [3.63, 3.8) is 0 Å². The van der Waals surface area contributed by atoms with Gasteiger partial charge in [0.1, 0.15) is 0 Å². The van der Waals surface area contributed by atoms with Crippen LogP contribution in [0.5, 0.6) is 0 Å². The Morgan fingerprint density at radius 2 is 2.17 bits per heavy atom. The molecular weight excluding hydrogens is 162 g/mol. The zero-order chi connectivity index (χ0) is 8.97. The summed E-state index contributed by atoms with van der Waals surface area (Å²) < 4.78 is 0. The molecule has 0 aliphatic carbocycles. The van der Waals surface area contributed by atoms with Gasteiger partial charge < -0.3 is 10.3 Å². The van der Waals surface area contributed by atoms with E-state index in [0.29, 0.717) is 12.1 Å². The Kier molecular flexibility index (Phi) is 2.42. The van der Waals surface area contributed by atoms with Crippen molar-refractivity contribution >= 4 is 6.41 Å². The van der Waals surface area contributed by atoms with Crippen molar-refractivity contribution in [2.75, 3.05) is 0 Å². The van der Waals surface area contributed by atoms with Crippen LogP contribution in [0.3, 0.4) is 0 Å². The van der Waals surface area contributed by atoms with Gasteiger partial charge in [-0.05, 0) is 0 Å². The van der Waals surface area contributed by atoms with Crippen molar-refractivity contribution in [1.29, 1.82) is 0 Å². The van der Waals surface area contributed by atoms with E-state index in [-0.39, 0.29) is 6.54 Å². The first-order valence-electron chi connectivity index (χ1n) is 3.22. The van der Waals surface area contributed by atoms with Gasteiger partial charge in [-0.1, -0.05) is 0 Å². The molecule has 0 aliphatic heterocycles. The van der Waals surface area contributed by atoms with E-state index in [9.17, 15) is 14.4 Å². The second kappa shape index (κ2) is 3.51. The lowest BCUT2D eigenvalue weighted by Gasteiger charge is -1.96. The molecule has 0 atom stereocenters. The highest BCUT2D eigenvalue weighted by atomic mass is 16.2. The van der Waals surface area contributed by atoms with Gasteiger partial charge in [0.2, 0.25) is 6.41 Å². The first-order chi connectivity index (χ1) is 5.72. The molecular formula is C6H7N3O3. The molecule has 12 heavy (non-hydrogen) atoms. The maximum absolute atomic E-state index is 10.7. The van der Waals surface area contributed by atoms with E-state index in [1.807, 2.05) is 4.98 Å². The van der Waals surface area contributed by atoms with Gasteiger partial charge in [-0.25, -0.2) is 4.79 Å². The molecule has 1 aromatic rings. The Morgan fingerprint density at radius 1 is 1.42 bits per heavy atom. The van der Waals surface area contributed by atoms with Gasteiger partial charge in [0.15, 0.2) is 0 Å². The normalized spacial score (nSPS) is 9.33. The number of amides is 1. The number of nitrogens with one attached hydrogen (secondary N) is 3. The fourth-order valence-corrected chi connectivity index (χ4v) is 0.766. The number of H-pyrrole nitrogens is 2. The van der Waals surface area contributed by atoms with Crippen LogP contribution in [0, 0.1) is 0 Å². The molecule has 0 fully saturated rings. The Bertz CT molecular complexity index is 350. The number of rotatable bonds is 3. The van der Waals surface area contributed by atoms with Crippen molar-refractivity contribution in [2.45, 2.75) is 6.54 Å².